The predicted octanol–water partition coefficient (Wildman–Crippen LogP) is 1.31. The van der Waals surface area contributed by atoms with Gasteiger partial charge in [-0.1, -0.05) is 0 Å². The number of hydrogen-bond acceptors (Lipinski definition) is 5. The lowest BCUT2D eigenvalue weighted by Gasteiger charge is -2.26. The Morgan fingerprint density at radius 3 is 2.86 bits per heavy atom. The van der Waals surface area contributed by atoms with E-state index >= 15 is 0 Å². The minimum Gasteiger partial charge on any atom is -0.430 e. The Morgan fingerprint density at radius 1 is 1.36 bits per heavy atom. The highest BCUT2D eigenvalue weighted by atomic mass is 16.6. The highest BCUT2D eigenvalue weighted by Crippen LogP contribution is 2.20. The molecule has 1 aromatic carbocycles. The molecule has 1 aromatic rings. The van der Waals surface area contributed by atoms with Crippen molar-refractivity contribution < 1.29 is 19.1 Å². The number of carbonyl (C=O) groups is 2. The summed E-state index contributed by atoms with van der Waals surface area (Å²) in [5.41, 5.74) is 1.43. The van der Waals surface area contributed by atoms with Gasteiger partial charge >= 0.3 is 6.09 Å². The first-order valence-corrected chi connectivity index (χ1v) is 7.41. The van der Waals surface area contributed by atoms with E-state index < -0.39 is 6.09 Å². The summed E-state index contributed by atoms with van der Waals surface area (Å²) in [7, 11) is 0. The summed E-state index contributed by atoms with van der Waals surface area (Å²) < 4.78 is 10.3. The molecule has 0 radical (unpaired) electrons. The Balaban J connectivity index is 1.56. The van der Waals surface area contributed by atoms with Crippen molar-refractivity contribution >= 4 is 23.4 Å². The van der Waals surface area contributed by atoms with Crippen LogP contribution in [0.4, 0.5) is 16.2 Å². The van der Waals surface area contributed by atoms with Gasteiger partial charge in [-0.15, -0.1) is 0 Å². The van der Waals surface area contributed by atoms with E-state index in [-0.39, 0.29) is 18.7 Å². The maximum absolute atomic E-state index is 11.8. The number of nitrogens with zero attached hydrogens (tertiary/aromatic N) is 1. The molecule has 2 aliphatic heterocycles. The summed E-state index contributed by atoms with van der Waals surface area (Å²) in [4.78, 5) is 25.2. The molecule has 7 nitrogen and oxygen atoms in total. The molecule has 0 aliphatic carbocycles. The fourth-order valence-corrected chi connectivity index (χ4v) is 2.55. The van der Waals surface area contributed by atoms with Gasteiger partial charge in [0.25, 0.3) is 5.91 Å². The van der Waals surface area contributed by atoms with E-state index in [2.05, 4.69) is 10.6 Å². The van der Waals surface area contributed by atoms with Crippen LogP contribution in [0.5, 0.6) is 0 Å². The standard InChI is InChI=1S/C15H19N3O4/c19-14-10-21-9-8-18(14)12-5-3-11(4-6-12)17-15(20)22-13-2-1-7-16-13/h3-6,13,16H,1-2,7-10H2,(H,17,20)/t13-/m0/s1. The molecule has 2 fully saturated rings. The maximum atomic E-state index is 11.8. The van der Waals surface area contributed by atoms with Crippen LogP contribution in [0.2, 0.25) is 0 Å². The van der Waals surface area contributed by atoms with Crippen LogP contribution < -0.4 is 15.5 Å². The van der Waals surface area contributed by atoms with Crippen LogP contribution in [-0.2, 0) is 14.3 Å². The highest BCUT2D eigenvalue weighted by molar-refractivity contribution is 5.95. The van der Waals surface area contributed by atoms with Crippen LogP contribution in [0.15, 0.2) is 24.3 Å². The highest BCUT2D eigenvalue weighted by Gasteiger charge is 2.20. The third kappa shape index (κ3) is 3.55. The molecule has 118 valence electrons. The fraction of sp³-hybridized carbons (Fsp3) is 0.467. The van der Waals surface area contributed by atoms with Gasteiger partial charge in [0.15, 0.2) is 6.23 Å². The average Bonchev–Trinajstić information content (AvgIpc) is 3.01. The van der Waals surface area contributed by atoms with Gasteiger partial charge in [-0.05, 0) is 43.7 Å². The summed E-state index contributed by atoms with van der Waals surface area (Å²) in [5.74, 6) is -0.0568. The third-order valence-corrected chi connectivity index (χ3v) is 3.68. The Morgan fingerprint density at radius 2 is 2.18 bits per heavy atom. The summed E-state index contributed by atoms with van der Waals surface area (Å²) in [6.07, 6.45) is 1.17. The predicted molar refractivity (Wildman–Crippen MR) is 80.7 cm³/mol. The zero-order valence-electron chi connectivity index (χ0n) is 12.2. The lowest BCUT2D eigenvalue weighted by molar-refractivity contribution is -0.125. The van der Waals surface area contributed by atoms with E-state index in [4.69, 9.17) is 9.47 Å². The number of nitrogens with one attached hydrogen (secondary N) is 2. The van der Waals surface area contributed by atoms with Gasteiger partial charge in [0.2, 0.25) is 0 Å². The van der Waals surface area contributed by atoms with E-state index in [1.807, 2.05) is 0 Å². The molecular weight excluding hydrogens is 286 g/mol. The second kappa shape index (κ2) is 6.76. The summed E-state index contributed by atoms with van der Waals surface area (Å²) in [6.45, 7) is 2.06. The molecular formula is C15H19N3O4. The van der Waals surface area contributed by atoms with Crippen molar-refractivity contribution in [1.29, 1.82) is 0 Å². The molecule has 1 atom stereocenters. The second-order valence-electron chi connectivity index (χ2n) is 5.26. The molecule has 0 spiro atoms. The first-order chi connectivity index (χ1) is 10.7. The number of carbonyl (C=O) groups excluding carboxylic acids is 2. The van der Waals surface area contributed by atoms with Gasteiger partial charge < -0.3 is 14.4 Å². The average molecular weight is 305 g/mol. The van der Waals surface area contributed by atoms with Crippen molar-refractivity contribution in [3.8, 4) is 0 Å². The largest absolute Gasteiger partial charge is 0.430 e. The molecule has 2 heterocycles. The minimum absolute atomic E-state index is 0.0568. The molecule has 0 saturated carbocycles. The van der Waals surface area contributed by atoms with E-state index in [1.165, 1.54) is 0 Å². The van der Waals surface area contributed by atoms with Gasteiger partial charge in [-0.25, -0.2) is 4.79 Å². The number of anilines is 2. The van der Waals surface area contributed by atoms with Gasteiger partial charge in [0.1, 0.15) is 6.61 Å². The Labute approximate surface area is 128 Å². The summed E-state index contributed by atoms with van der Waals surface area (Å²) in [5, 5.41) is 5.77. The van der Waals surface area contributed by atoms with Crippen LogP contribution in [0.25, 0.3) is 0 Å². The third-order valence-electron chi connectivity index (χ3n) is 3.68. The molecule has 2 saturated heterocycles. The minimum atomic E-state index is -0.477. The quantitative estimate of drug-likeness (QED) is 0.880. The van der Waals surface area contributed by atoms with Crippen molar-refractivity contribution in [3.05, 3.63) is 24.3 Å². The fourth-order valence-electron chi connectivity index (χ4n) is 2.55. The lowest BCUT2D eigenvalue weighted by atomic mass is 10.2. The van der Waals surface area contributed by atoms with Crippen LogP contribution in [0.3, 0.4) is 0 Å². The molecule has 2 aliphatic rings. The Kier molecular flexibility index (Phi) is 4.55. The Hall–Kier alpha value is -2.12. The Bertz CT molecular complexity index is 540. The number of ether oxygens (including phenoxy) is 2. The van der Waals surface area contributed by atoms with E-state index in [9.17, 15) is 9.59 Å². The van der Waals surface area contributed by atoms with Crippen molar-refractivity contribution in [1.82, 2.24) is 5.32 Å². The first-order valence-electron chi connectivity index (χ1n) is 7.41. The number of hydrogen-bond donors (Lipinski definition) is 2. The van der Waals surface area contributed by atoms with Crippen molar-refractivity contribution in [2.75, 3.05) is 36.5 Å². The van der Waals surface area contributed by atoms with Gasteiger partial charge in [-0.2, -0.15) is 0 Å². The van der Waals surface area contributed by atoms with Crippen LogP contribution in [0, 0.1) is 0 Å². The number of rotatable bonds is 3. The van der Waals surface area contributed by atoms with E-state index in [1.54, 1.807) is 29.2 Å². The number of benzene rings is 1. The van der Waals surface area contributed by atoms with Crippen molar-refractivity contribution in [2.45, 2.75) is 19.1 Å². The smallest absolute Gasteiger partial charge is 0.413 e. The van der Waals surface area contributed by atoms with E-state index in [0.29, 0.717) is 18.8 Å². The van der Waals surface area contributed by atoms with Gasteiger partial charge in [0.05, 0.1) is 6.61 Å². The molecule has 0 bridgehead atoms. The van der Waals surface area contributed by atoms with Crippen molar-refractivity contribution in [2.24, 2.45) is 0 Å². The molecule has 0 unspecified atom stereocenters. The van der Waals surface area contributed by atoms with Gasteiger partial charge in [-0.3, -0.25) is 15.4 Å². The molecule has 3 rings (SSSR count). The molecule has 7 heteroatoms. The van der Waals surface area contributed by atoms with Gasteiger partial charge in [0, 0.05) is 17.9 Å². The topological polar surface area (TPSA) is 79.9 Å². The number of amides is 2. The monoisotopic (exact) mass is 305 g/mol. The van der Waals surface area contributed by atoms with Crippen LogP contribution in [0.1, 0.15) is 12.8 Å². The lowest BCUT2D eigenvalue weighted by Crippen LogP contribution is -2.41. The SMILES string of the molecule is O=C(Nc1ccc(N2CCOCC2=O)cc1)O[C@H]1CCCN1. The maximum Gasteiger partial charge on any atom is 0.413 e. The van der Waals surface area contributed by atoms with Crippen LogP contribution in [-0.4, -0.2) is 44.5 Å². The molecule has 2 amide bonds. The normalized spacial score (nSPS) is 21.7. The molecule has 0 aromatic heterocycles. The zero-order chi connectivity index (χ0) is 15.4. The number of morpholine rings is 1. The molecule has 2 N–H and O–H groups in total. The zero-order valence-corrected chi connectivity index (χ0v) is 12.2. The summed E-state index contributed by atoms with van der Waals surface area (Å²) in [6, 6.07) is 7.10. The van der Waals surface area contributed by atoms with Crippen LogP contribution >= 0.6 is 0 Å². The summed E-state index contributed by atoms with van der Waals surface area (Å²) >= 11 is 0. The second-order valence-corrected chi connectivity index (χ2v) is 5.26. The van der Waals surface area contributed by atoms with E-state index in [0.717, 1.165) is 25.1 Å². The van der Waals surface area contributed by atoms with Crippen molar-refractivity contribution in [3.63, 3.8) is 0 Å². The molecule has 22 heavy (non-hydrogen) atoms. The first kappa shape index (κ1) is 14.8.